The number of oxime groups is 1. The van der Waals surface area contributed by atoms with Gasteiger partial charge in [0, 0.05) is 23.6 Å². The maximum Gasteiger partial charge on any atom is 0.144 e. The van der Waals surface area contributed by atoms with E-state index in [0.717, 1.165) is 10.9 Å². The number of amidine groups is 1. The second-order valence-corrected chi connectivity index (χ2v) is 5.16. The Bertz CT molecular complexity index is 834. The van der Waals surface area contributed by atoms with Crippen LogP contribution in [0.2, 0.25) is 0 Å². The summed E-state index contributed by atoms with van der Waals surface area (Å²) in [4.78, 5) is 9.53. The average molecular weight is 309 g/mol. The van der Waals surface area contributed by atoms with E-state index < -0.39 is 0 Å². The van der Waals surface area contributed by atoms with Crippen LogP contribution in [0.15, 0.2) is 65.9 Å². The van der Waals surface area contributed by atoms with Crippen molar-refractivity contribution in [1.29, 1.82) is 0 Å². The van der Waals surface area contributed by atoms with Crippen molar-refractivity contribution in [2.75, 3.05) is 0 Å². The molecule has 0 spiro atoms. The lowest BCUT2D eigenvalue weighted by molar-refractivity contribution is 0.130. The molecular formula is C18H16FN3O. The number of pyridine rings is 1. The molecule has 0 radical (unpaired) electrons. The van der Waals surface area contributed by atoms with Gasteiger partial charge in [-0.05, 0) is 23.8 Å². The Morgan fingerprint density at radius 2 is 1.96 bits per heavy atom. The van der Waals surface area contributed by atoms with Crippen LogP contribution in [-0.4, -0.2) is 10.8 Å². The fourth-order valence-electron chi connectivity index (χ4n) is 2.36. The second-order valence-electron chi connectivity index (χ2n) is 5.16. The van der Waals surface area contributed by atoms with Gasteiger partial charge in [-0.2, -0.15) is 0 Å². The summed E-state index contributed by atoms with van der Waals surface area (Å²) in [5, 5.41) is 4.62. The van der Waals surface area contributed by atoms with Crippen LogP contribution >= 0.6 is 0 Å². The Hall–Kier alpha value is -2.95. The minimum absolute atomic E-state index is 0.112. The van der Waals surface area contributed by atoms with Crippen molar-refractivity contribution in [1.82, 2.24) is 4.98 Å². The summed E-state index contributed by atoms with van der Waals surface area (Å²) in [5.74, 6) is 0.0372. The van der Waals surface area contributed by atoms with E-state index in [9.17, 15) is 4.39 Å². The van der Waals surface area contributed by atoms with Crippen LogP contribution in [-0.2, 0) is 17.9 Å². The highest BCUT2D eigenvalue weighted by Gasteiger charge is 2.06. The van der Waals surface area contributed by atoms with Gasteiger partial charge in [0.25, 0.3) is 0 Å². The van der Waals surface area contributed by atoms with Crippen LogP contribution in [0, 0.1) is 5.82 Å². The zero-order chi connectivity index (χ0) is 16.1. The minimum Gasteiger partial charge on any atom is -0.389 e. The first kappa shape index (κ1) is 15.0. The fraction of sp³-hybridized carbons (Fsp3) is 0.111. The molecule has 0 aliphatic rings. The standard InChI is InChI=1S/C18H16FN3O/c19-16-10-14-7-4-8-21-18(14)15(11-16)12-23-22-17(20)9-13-5-2-1-3-6-13/h1-8,10-11H,9,12H2,(H2,20,22). The second kappa shape index (κ2) is 6.87. The van der Waals surface area contributed by atoms with Gasteiger partial charge < -0.3 is 10.6 Å². The first-order valence-corrected chi connectivity index (χ1v) is 7.24. The van der Waals surface area contributed by atoms with Crippen molar-refractivity contribution in [2.24, 2.45) is 10.9 Å². The lowest BCUT2D eigenvalue weighted by atomic mass is 10.1. The molecule has 2 N–H and O–H groups in total. The third kappa shape index (κ3) is 3.83. The van der Waals surface area contributed by atoms with Gasteiger partial charge in [0.15, 0.2) is 0 Å². The molecule has 23 heavy (non-hydrogen) atoms. The SMILES string of the molecule is N/C(Cc1ccccc1)=N\OCc1cc(F)cc2cccnc12. The summed E-state index contributed by atoms with van der Waals surface area (Å²) < 4.78 is 13.6. The monoisotopic (exact) mass is 309 g/mol. The maximum absolute atomic E-state index is 13.6. The van der Waals surface area contributed by atoms with Crippen molar-refractivity contribution in [2.45, 2.75) is 13.0 Å². The lowest BCUT2D eigenvalue weighted by Crippen LogP contribution is -2.15. The van der Waals surface area contributed by atoms with Crippen molar-refractivity contribution in [3.05, 3.63) is 77.7 Å². The van der Waals surface area contributed by atoms with E-state index in [1.807, 2.05) is 36.4 Å². The quantitative estimate of drug-likeness (QED) is 0.446. The summed E-state index contributed by atoms with van der Waals surface area (Å²) >= 11 is 0. The summed E-state index contributed by atoms with van der Waals surface area (Å²) in [7, 11) is 0. The van der Waals surface area contributed by atoms with Gasteiger partial charge in [-0.1, -0.05) is 41.6 Å². The van der Waals surface area contributed by atoms with Crippen molar-refractivity contribution >= 4 is 16.7 Å². The predicted molar refractivity (Wildman–Crippen MR) is 88.3 cm³/mol. The number of hydrogen-bond donors (Lipinski definition) is 1. The highest BCUT2D eigenvalue weighted by atomic mass is 19.1. The van der Waals surface area contributed by atoms with Crippen LogP contribution < -0.4 is 5.73 Å². The van der Waals surface area contributed by atoms with Gasteiger partial charge in [-0.3, -0.25) is 4.98 Å². The molecule has 0 atom stereocenters. The molecular weight excluding hydrogens is 293 g/mol. The van der Waals surface area contributed by atoms with E-state index in [1.54, 1.807) is 12.3 Å². The number of hydrogen-bond acceptors (Lipinski definition) is 3. The maximum atomic E-state index is 13.6. The van der Waals surface area contributed by atoms with E-state index in [-0.39, 0.29) is 12.4 Å². The molecule has 0 bridgehead atoms. The van der Waals surface area contributed by atoms with Crippen molar-refractivity contribution in [3.63, 3.8) is 0 Å². The first-order chi connectivity index (χ1) is 11.2. The normalized spacial score (nSPS) is 11.6. The zero-order valence-corrected chi connectivity index (χ0v) is 12.4. The molecule has 1 heterocycles. The molecule has 0 amide bonds. The highest BCUT2D eigenvalue weighted by molar-refractivity contribution is 5.82. The summed E-state index contributed by atoms with van der Waals surface area (Å²) in [6, 6.07) is 16.2. The largest absolute Gasteiger partial charge is 0.389 e. The van der Waals surface area contributed by atoms with E-state index >= 15 is 0 Å². The summed E-state index contributed by atoms with van der Waals surface area (Å²) in [5.41, 5.74) is 8.23. The molecule has 0 saturated carbocycles. The number of nitrogens with zero attached hydrogens (tertiary/aromatic N) is 2. The summed E-state index contributed by atoms with van der Waals surface area (Å²) in [6.45, 7) is 0.112. The van der Waals surface area contributed by atoms with Crippen molar-refractivity contribution < 1.29 is 9.23 Å². The van der Waals surface area contributed by atoms with E-state index in [2.05, 4.69) is 10.1 Å². The number of halogens is 1. The van der Waals surface area contributed by atoms with E-state index in [1.165, 1.54) is 12.1 Å². The van der Waals surface area contributed by atoms with Gasteiger partial charge in [0.1, 0.15) is 18.3 Å². The van der Waals surface area contributed by atoms with Crippen LogP contribution in [0.5, 0.6) is 0 Å². The Kier molecular flexibility index (Phi) is 4.47. The molecule has 116 valence electrons. The zero-order valence-electron chi connectivity index (χ0n) is 12.4. The van der Waals surface area contributed by atoms with Gasteiger partial charge >= 0.3 is 0 Å². The van der Waals surface area contributed by atoms with E-state index in [0.29, 0.717) is 23.3 Å². The van der Waals surface area contributed by atoms with Crippen LogP contribution in [0.25, 0.3) is 10.9 Å². The number of fused-ring (bicyclic) bond motifs is 1. The van der Waals surface area contributed by atoms with Gasteiger partial charge in [0.2, 0.25) is 0 Å². The van der Waals surface area contributed by atoms with Crippen molar-refractivity contribution in [3.8, 4) is 0 Å². The molecule has 5 heteroatoms. The average Bonchev–Trinajstić information content (AvgIpc) is 2.55. The molecule has 2 aromatic carbocycles. The van der Waals surface area contributed by atoms with Crippen LogP contribution in [0.4, 0.5) is 4.39 Å². The first-order valence-electron chi connectivity index (χ1n) is 7.24. The molecule has 0 aliphatic carbocycles. The van der Waals surface area contributed by atoms with Gasteiger partial charge in [0.05, 0.1) is 5.52 Å². The smallest absolute Gasteiger partial charge is 0.144 e. The van der Waals surface area contributed by atoms with Gasteiger partial charge in [-0.15, -0.1) is 0 Å². The highest BCUT2D eigenvalue weighted by Crippen LogP contribution is 2.19. The molecule has 4 nitrogen and oxygen atoms in total. The molecule has 3 aromatic rings. The Morgan fingerprint density at radius 3 is 2.78 bits per heavy atom. The van der Waals surface area contributed by atoms with E-state index in [4.69, 9.17) is 10.6 Å². The molecule has 0 fully saturated rings. The molecule has 0 saturated heterocycles. The summed E-state index contributed by atoms with van der Waals surface area (Å²) in [6.07, 6.45) is 2.17. The Morgan fingerprint density at radius 1 is 1.13 bits per heavy atom. The molecule has 1 aromatic heterocycles. The topological polar surface area (TPSA) is 60.5 Å². The minimum atomic E-state index is -0.328. The molecule has 3 rings (SSSR count). The number of benzene rings is 2. The fourth-order valence-corrected chi connectivity index (χ4v) is 2.36. The lowest BCUT2D eigenvalue weighted by Gasteiger charge is -2.06. The Balaban J connectivity index is 1.70. The predicted octanol–water partition coefficient (Wildman–Crippen LogP) is 3.41. The molecule has 0 aliphatic heterocycles. The Labute approximate surface area is 133 Å². The number of rotatable bonds is 5. The molecule has 0 unspecified atom stereocenters. The van der Waals surface area contributed by atoms with Crippen LogP contribution in [0.3, 0.4) is 0 Å². The van der Waals surface area contributed by atoms with Crippen LogP contribution in [0.1, 0.15) is 11.1 Å². The number of nitrogens with two attached hydrogens (primary N) is 1. The number of aromatic nitrogens is 1. The third-order valence-electron chi connectivity index (χ3n) is 3.38. The third-order valence-corrected chi connectivity index (χ3v) is 3.38. The van der Waals surface area contributed by atoms with Gasteiger partial charge in [-0.25, -0.2) is 4.39 Å².